The zero-order valence-corrected chi connectivity index (χ0v) is 26.0. The first kappa shape index (κ1) is 33.2. The summed E-state index contributed by atoms with van der Waals surface area (Å²) in [6, 6.07) is 20.3. The van der Waals surface area contributed by atoms with Crippen molar-refractivity contribution < 1.29 is 29.3 Å². The van der Waals surface area contributed by atoms with Crippen LogP contribution in [0, 0.1) is 5.82 Å². The van der Waals surface area contributed by atoms with Crippen molar-refractivity contribution in [3.63, 3.8) is 0 Å². The van der Waals surface area contributed by atoms with Crippen molar-refractivity contribution in [2.24, 2.45) is 0 Å². The van der Waals surface area contributed by atoms with Crippen LogP contribution in [-0.4, -0.2) is 78.5 Å². The van der Waals surface area contributed by atoms with Gasteiger partial charge in [-0.3, -0.25) is 14.6 Å². The van der Waals surface area contributed by atoms with E-state index in [4.69, 9.17) is 5.11 Å². The van der Waals surface area contributed by atoms with Crippen LogP contribution in [0.4, 0.5) is 10.1 Å². The van der Waals surface area contributed by atoms with Gasteiger partial charge in [-0.2, -0.15) is 0 Å². The second-order valence-electron chi connectivity index (χ2n) is 10.2. The average molecular weight is 583 g/mol. The van der Waals surface area contributed by atoms with Crippen molar-refractivity contribution in [2.45, 2.75) is 57.8 Å². The predicted molar refractivity (Wildman–Crippen MR) is 161 cm³/mol. The molecule has 0 saturated heterocycles. The SMILES string of the molecule is CC(C)n1c(CC[C@@H](O)C[C@@H](O)CC(=O)O)c(-c2ccc(F)cc2)c(-c2ccccn2)c1C(=O)Nc1ccccc1.[Na]. The summed E-state index contributed by atoms with van der Waals surface area (Å²) in [5.41, 5.74) is 4.23. The number of hydrogen-bond donors (Lipinski definition) is 4. The van der Waals surface area contributed by atoms with E-state index in [-0.39, 0.29) is 54.3 Å². The van der Waals surface area contributed by atoms with Crippen LogP contribution in [0.3, 0.4) is 0 Å². The van der Waals surface area contributed by atoms with Crippen LogP contribution in [0.2, 0.25) is 0 Å². The monoisotopic (exact) mass is 582 g/mol. The van der Waals surface area contributed by atoms with Gasteiger partial charge in [-0.15, -0.1) is 0 Å². The summed E-state index contributed by atoms with van der Waals surface area (Å²) in [6.07, 6.45) is -0.605. The molecule has 2 atom stereocenters. The predicted octanol–water partition coefficient (Wildman–Crippen LogP) is 5.33. The van der Waals surface area contributed by atoms with Gasteiger partial charge in [-0.1, -0.05) is 36.4 Å². The Kier molecular flexibility index (Phi) is 12.0. The number of nitrogens with one attached hydrogen (secondary N) is 1. The number of anilines is 1. The van der Waals surface area contributed by atoms with Gasteiger partial charge in [0.05, 0.1) is 24.3 Å². The molecular weight excluding hydrogens is 548 g/mol. The Morgan fingerprint density at radius 1 is 0.929 bits per heavy atom. The first-order chi connectivity index (χ1) is 19.7. The molecule has 1 amide bonds. The molecule has 0 aliphatic carbocycles. The number of aliphatic hydroxyl groups is 2. The number of hydrogen-bond acceptors (Lipinski definition) is 5. The van der Waals surface area contributed by atoms with Crippen LogP contribution < -0.4 is 5.32 Å². The van der Waals surface area contributed by atoms with Crippen LogP contribution in [0.15, 0.2) is 79.0 Å². The number of para-hydroxylation sites is 1. The Hall–Kier alpha value is -3.34. The minimum Gasteiger partial charge on any atom is -0.481 e. The molecule has 2 aromatic heterocycles. The molecule has 0 aliphatic heterocycles. The van der Waals surface area contributed by atoms with Crippen molar-refractivity contribution >= 4 is 47.1 Å². The van der Waals surface area contributed by atoms with Crippen molar-refractivity contribution in [1.82, 2.24) is 9.55 Å². The summed E-state index contributed by atoms with van der Waals surface area (Å²) in [6.45, 7) is 3.90. The molecule has 0 fully saturated rings. The fourth-order valence-corrected chi connectivity index (χ4v) is 5.10. The number of rotatable bonds is 12. The van der Waals surface area contributed by atoms with Crippen LogP contribution in [0.1, 0.15) is 55.3 Å². The number of carbonyl (C=O) groups excluding carboxylic acids is 1. The van der Waals surface area contributed by atoms with Crippen LogP contribution in [-0.2, 0) is 11.2 Å². The number of halogens is 1. The quantitative estimate of drug-likeness (QED) is 0.168. The molecule has 2 heterocycles. The maximum atomic E-state index is 14.0. The molecule has 4 N–H and O–H groups in total. The molecule has 0 saturated carbocycles. The zero-order chi connectivity index (χ0) is 29.5. The third-order valence-electron chi connectivity index (χ3n) is 6.79. The number of aromatic nitrogens is 2. The molecule has 8 nitrogen and oxygen atoms in total. The summed E-state index contributed by atoms with van der Waals surface area (Å²) >= 11 is 0. The number of carboxylic acids is 1. The minimum atomic E-state index is -1.19. The third kappa shape index (κ3) is 8.14. The fraction of sp³-hybridized carbons (Fsp3) is 0.281. The second kappa shape index (κ2) is 15.2. The minimum absolute atomic E-state index is 0. The van der Waals surface area contributed by atoms with E-state index in [1.807, 2.05) is 48.7 Å². The van der Waals surface area contributed by atoms with E-state index in [0.29, 0.717) is 40.2 Å². The number of benzene rings is 2. The average Bonchev–Trinajstić information content (AvgIpc) is 3.28. The molecule has 0 spiro atoms. The van der Waals surface area contributed by atoms with Crippen molar-refractivity contribution in [3.05, 3.63) is 96.2 Å². The molecule has 10 heteroatoms. The molecule has 215 valence electrons. The summed E-state index contributed by atoms with van der Waals surface area (Å²) in [5, 5.41) is 32.7. The largest absolute Gasteiger partial charge is 0.481 e. The Morgan fingerprint density at radius 2 is 1.60 bits per heavy atom. The summed E-state index contributed by atoms with van der Waals surface area (Å²) in [5.74, 6) is -1.90. The van der Waals surface area contributed by atoms with Gasteiger partial charge in [0.1, 0.15) is 11.5 Å². The first-order valence-electron chi connectivity index (χ1n) is 13.5. The maximum absolute atomic E-state index is 14.0. The van der Waals surface area contributed by atoms with Crippen LogP contribution >= 0.6 is 0 Å². The topological polar surface area (TPSA) is 125 Å². The van der Waals surface area contributed by atoms with E-state index >= 15 is 0 Å². The van der Waals surface area contributed by atoms with E-state index < -0.39 is 30.4 Å². The summed E-state index contributed by atoms with van der Waals surface area (Å²) < 4.78 is 15.9. The molecule has 0 aliphatic rings. The number of amides is 1. The van der Waals surface area contributed by atoms with Gasteiger partial charge in [0.25, 0.3) is 5.91 Å². The van der Waals surface area contributed by atoms with E-state index in [1.165, 1.54) is 12.1 Å². The molecule has 1 radical (unpaired) electrons. The Morgan fingerprint density at radius 3 is 2.19 bits per heavy atom. The molecule has 0 bridgehead atoms. The summed E-state index contributed by atoms with van der Waals surface area (Å²) in [7, 11) is 0. The van der Waals surface area contributed by atoms with E-state index in [9.17, 15) is 24.2 Å². The van der Waals surface area contributed by atoms with E-state index in [0.717, 1.165) is 5.69 Å². The van der Waals surface area contributed by atoms with Gasteiger partial charge in [-0.25, -0.2) is 4.39 Å². The first-order valence-corrected chi connectivity index (χ1v) is 13.5. The van der Waals surface area contributed by atoms with Gasteiger partial charge in [0, 0.05) is 64.3 Å². The second-order valence-corrected chi connectivity index (χ2v) is 10.2. The normalized spacial score (nSPS) is 12.4. The number of nitrogens with zero attached hydrogens (tertiary/aromatic N) is 2. The summed E-state index contributed by atoms with van der Waals surface area (Å²) in [4.78, 5) is 29.6. The van der Waals surface area contributed by atoms with Crippen LogP contribution in [0.25, 0.3) is 22.4 Å². The van der Waals surface area contributed by atoms with Gasteiger partial charge in [-0.05, 0) is 75.1 Å². The molecule has 4 aromatic rings. The third-order valence-corrected chi connectivity index (χ3v) is 6.79. The molecule has 4 rings (SSSR count). The van der Waals surface area contributed by atoms with Crippen molar-refractivity contribution in [3.8, 4) is 22.4 Å². The zero-order valence-electron chi connectivity index (χ0n) is 24.0. The molecule has 42 heavy (non-hydrogen) atoms. The van der Waals surface area contributed by atoms with Gasteiger partial charge < -0.3 is 25.2 Å². The Bertz CT molecular complexity index is 1480. The van der Waals surface area contributed by atoms with E-state index in [2.05, 4.69) is 10.3 Å². The van der Waals surface area contributed by atoms with Crippen LogP contribution in [0.5, 0.6) is 0 Å². The van der Waals surface area contributed by atoms with Gasteiger partial charge in [0.2, 0.25) is 0 Å². The smallest absolute Gasteiger partial charge is 0.305 e. The Balaban J connectivity index is 0.00000484. The molecular formula is C32H34FN3NaO5. The van der Waals surface area contributed by atoms with Crippen molar-refractivity contribution in [1.29, 1.82) is 0 Å². The van der Waals surface area contributed by atoms with Gasteiger partial charge in [0.15, 0.2) is 0 Å². The standard InChI is InChI=1S/C32H34FN3O5.Na/c1-20(2)36-27(16-15-24(37)18-25(38)19-28(39)40)29(21-11-13-22(33)14-12-21)30(26-10-6-7-17-34-26)31(36)32(41)35-23-8-4-3-5-9-23;/h3-14,17,20,24-25,37-38H,15-16,18-19H2,1-2H3,(H,35,41)(H,39,40);/t24-,25-;/m1./s1. The number of carboxylic acid groups (broad SMARTS) is 1. The number of carbonyl (C=O) groups is 2. The van der Waals surface area contributed by atoms with Crippen molar-refractivity contribution in [2.75, 3.05) is 5.32 Å². The van der Waals surface area contributed by atoms with Gasteiger partial charge >= 0.3 is 5.97 Å². The Labute approximate surface area is 266 Å². The molecule has 2 aromatic carbocycles. The number of aliphatic hydroxyl groups excluding tert-OH is 2. The molecule has 0 unspecified atom stereocenters. The fourth-order valence-electron chi connectivity index (χ4n) is 5.10. The van der Waals surface area contributed by atoms with E-state index in [1.54, 1.807) is 36.5 Å². The number of pyridine rings is 1. The number of aliphatic carboxylic acids is 1. The maximum Gasteiger partial charge on any atom is 0.305 e.